The standard InChI is InChI=1S/C17H19F3N6/c18-17(19,20)14-8-15(23-10-22-14)25-11-4-6-26(7-5-11)16-12-2-1-3-13(12)21-9-24-16/h8-11H,1-7H2,(H,22,23,25). The highest BCUT2D eigenvalue weighted by Gasteiger charge is 2.33. The Morgan fingerprint density at radius 1 is 1.00 bits per heavy atom. The van der Waals surface area contributed by atoms with Crippen LogP contribution in [-0.4, -0.2) is 39.1 Å². The second kappa shape index (κ2) is 6.69. The first-order chi connectivity index (χ1) is 12.5. The number of rotatable bonds is 3. The monoisotopic (exact) mass is 364 g/mol. The van der Waals surface area contributed by atoms with Crippen molar-refractivity contribution < 1.29 is 13.2 Å². The highest BCUT2D eigenvalue weighted by Crippen LogP contribution is 2.31. The maximum Gasteiger partial charge on any atom is 0.433 e. The van der Waals surface area contributed by atoms with Crippen LogP contribution in [0.5, 0.6) is 0 Å². The normalized spacial score (nSPS) is 18.0. The summed E-state index contributed by atoms with van der Waals surface area (Å²) >= 11 is 0. The molecule has 1 saturated heterocycles. The lowest BCUT2D eigenvalue weighted by atomic mass is 10.0. The van der Waals surface area contributed by atoms with E-state index >= 15 is 0 Å². The zero-order chi connectivity index (χ0) is 18.1. The van der Waals surface area contributed by atoms with E-state index in [1.165, 1.54) is 5.56 Å². The van der Waals surface area contributed by atoms with E-state index in [4.69, 9.17) is 0 Å². The van der Waals surface area contributed by atoms with Gasteiger partial charge in [0.25, 0.3) is 0 Å². The molecule has 2 aromatic rings. The van der Waals surface area contributed by atoms with E-state index in [2.05, 4.69) is 30.2 Å². The van der Waals surface area contributed by atoms with Crippen LogP contribution in [0.25, 0.3) is 0 Å². The van der Waals surface area contributed by atoms with Crippen molar-refractivity contribution in [1.29, 1.82) is 0 Å². The number of hydrogen-bond donors (Lipinski definition) is 1. The number of nitrogens with zero attached hydrogens (tertiary/aromatic N) is 5. The van der Waals surface area contributed by atoms with Gasteiger partial charge in [0.05, 0.1) is 0 Å². The third-order valence-electron chi connectivity index (χ3n) is 4.96. The maximum atomic E-state index is 12.8. The second-order valence-electron chi connectivity index (χ2n) is 6.67. The molecule has 2 aromatic heterocycles. The van der Waals surface area contributed by atoms with E-state index in [1.54, 1.807) is 6.33 Å². The minimum Gasteiger partial charge on any atom is -0.367 e. The lowest BCUT2D eigenvalue weighted by Gasteiger charge is -2.34. The molecule has 0 amide bonds. The Labute approximate surface area is 148 Å². The molecular formula is C17H19F3N6. The molecule has 1 N–H and O–H groups in total. The third-order valence-corrected chi connectivity index (χ3v) is 4.96. The summed E-state index contributed by atoms with van der Waals surface area (Å²) in [5.74, 6) is 1.24. The van der Waals surface area contributed by atoms with Crippen LogP contribution in [0.2, 0.25) is 0 Å². The van der Waals surface area contributed by atoms with Gasteiger partial charge in [0.1, 0.15) is 30.0 Å². The zero-order valence-electron chi connectivity index (χ0n) is 14.1. The molecule has 0 unspecified atom stereocenters. The SMILES string of the molecule is FC(F)(F)c1cc(NC2CCN(c3ncnc4c3CCC4)CC2)ncn1. The smallest absolute Gasteiger partial charge is 0.367 e. The Kier molecular flexibility index (Phi) is 4.37. The number of piperidine rings is 1. The molecule has 0 bridgehead atoms. The average Bonchev–Trinajstić information content (AvgIpc) is 3.11. The van der Waals surface area contributed by atoms with Gasteiger partial charge < -0.3 is 10.2 Å². The van der Waals surface area contributed by atoms with Crippen LogP contribution in [0.3, 0.4) is 0 Å². The fourth-order valence-corrected chi connectivity index (χ4v) is 3.65. The first kappa shape index (κ1) is 17.0. The van der Waals surface area contributed by atoms with Crippen molar-refractivity contribution >= 4 is 11.6 Å². The number of alkyl halides is 3. The van der Waals surface area contributed by atoms with Crippen molar-refractivity contribution in [2.24, 2.45) is 0 Å². The Morgan fingerprint density at radius 2 is 1.77 bits per heavy atom. The number of hydrogen-bond acceptors (Lipinski definition) is 6. The first-order valence-electron chi connectivity index (χ1n) is 8.74. The van der Waals surface area contributed by atoms with Gasteiger partial charge in [-0.2, -0.15) is 13.2 Å². The van der Waals surface area contributed by atoms with Gasteiger partial charge in [-0.1, -0.05) is 0 Å². The predicted molar refractivity (Wildman–Crippen MR) is 89.9 cm³/mol. The Hall–Kier alpha value is -2.45. The first-order valence-corrected chi connectivity index (χ1v) is 8.74. The summed E-state index contributed by atoms with van der Waals surface area (Å²) in [7, 11) is 0. The number of aromatic nitrogens is 4. The van der Waals surface area contributed by atoms with Gasteiger partial charge in [-0.15, -0.1) is 0 Å². The number of aryl methyl sites for hydroxylation is 1. The number of halogens is 3. The van der Waals surface area contributed by atoms with Gasteiger partial charge in [-0.25, -0.2) is 19.9 Å². The molecule has 0 aromatic carbocycles. The summed E-state index contributed by atoms with van der Waals surface area (Å²) in [6, 6.07) is 1.04. The molecular weight excluding hydrogens is 345 g/mol. The predicted octanol–water partition coefficient (Wildman–Crippen LogP) is 2.86. The van der Waals surface area contributed by atoms with Crippen LogP contribution in [-0.2, 0) is 19.0 Å². The number of fused-ring (bicyclic) bond motifs is 1. The van der Waals surface area contributed by atoms with Gasteiger partial charge in [-0.05, 0) is 32.1 Å². The summed E-state index contributed by atoms with van der Waals surface area (Å²) in [5, 5.41) is 3.11. The Balaban J connectivity index is 1.40. The van der Waals surface area contributed by atoms with Crippen molar-refractivity contribution in [2.75, 3.05) is 23.3 Å². The van der Waals surface area contributed by atoms with Crippen molar-refractivity contribution in [3.05, 3.63) is 35.7 Å². The molecule has 4 rings (SSSR count). The highest BCUT2D eigenvalue weighted by atomic mass is 19.4. The molecule has 6 nitrogen and oxygen atoms in total. The van der Waals surface area contributed by atoms with E-state index in [0.717, 1.165) is 69.1 Å². The molecule has 0 atom stereocenters. The van der Waals surface area contributed by atoms with Crippen LogP contribution < -0.4 is 10.2 Å². The maximum absolute atomic E-state index is 12.8. The number of nitrogens with one attached hydrogen (secondary N) is 1. The fraction of sp³-hybridized carbons (Fsp3) is 0.529. The highest BCUT2D eigenvalue weighted by molar-refractivity contribution is 5.51. The van der Waals surface area contributed by atoms with Crippen molar-refractivity contribution in [2.45, 2.75) is 44.3 Å². The minimum absolute atomic E-state index is 0.0807. The summed E-state index contributed by atoms with van der Waals surface area (Å²) in [5.41, 5.74) is 1.48. The molecule has 0 radical (unpaired) electrons. The summed E-state index contributed by atoms with van der Waals surface area (Å²) in [4.78, 5) is 18.3. The van der Waals surface area contributed by atoms with Crippen molar-refractivity contribution in [1.82, 2.24) is 19.9 Å². The van der Waals surface area contributed by atoms with Crippen molar-refractivity contribution in [3.8, 4) is 0 Å². The van der Waals surface area contributed by atoms with Crippen LogP contribution in [0.1, 0.15) is 36.2 Å². The molecule has 0 saturated carbocycles. The minimum atomic E-state index is -4.46. The lowest BCUT2D eigenvalue weighted by molar-refractivity contribution is -0.141. The van der Waals surface area contributed by atoms with Crippen LogP contribution >= 0.6 is 0 Å². The molecule has 1 aliphatic carbocycles. The van der Waals surface area contributed by atoms with Gasteiger partial charge in [-0.3, -0.25) is 0 Å². The quantitative estimate of drug-likeness (QED) is 0.903. The largest absolute Gasteiger partial charge is 0.433 e. The van der Waals surface area contributed by atoms with Gasteiger partial charge in [0.2, 0.25) is 0 Å². The van der Waals surface area contributed by atoms with Crippen LogP contribution in [0.4, 0.5) is 24.8 Å². The van der Waals surface area contributed by atoms with E-state index < -0.39 is 11.9 Å². The van der Waals surface area contributed by atoms with E-state index in [-0.39, 0.29) is 11.9 Å². The zero-order valence-corrected chi connectivity index (χ0v) is 14.1. The van der Waals surface area contributed by atoms with Gasteiger partial charge in [0, 0.05) is 36.5 Å². The summed E-state index contributed by atoms with van der Waals surface area (Å²) in [6.07, 6.45) is 2.88. The van der Waals surface area contributed by atoms with Crippen molar-refractivity contribution in [3.63, 3.8) is 0 Å². The second-order valence-corrected chi connectivity index (χ2v) is 6.67. The molecule has 2 aliphatic rings. The third kappa shape index (κ3) is 3.42. The fourth-order valence-electron chi connectivity index (χ4n) is 3.65. The molecule has 26 heavy (non-hydrogen) atoms. The Bertz CT molecular complexity index is 786. The number of anilines is 2. The molecule has 0 spiro atoms. The Morgan fingerprint density at radius 3 is 2.54 bits per heavy atom. The molecule has 1 fully saturated rings. The van der Waals surface area contributed by atoms with Gasteiger partial charge >= 0.3 is 6.18 Å². The molecule has 3 heterocycles. The van der Waals surface area contributed by atoms with Crippen LogP contribution in [0.15, 0.2) is 18.7 Å². The van der Waals surface area contributed by atoms with Crippen LogP contribution in [0, 0.1) is 0 Å². The summed E-state index contributed by atoms with van der Waals surface area (Å²) in [6.45, 7) is 1.61. The van der Waals surface area contributed by atoms with Gasteiger partial charge in [0.15, 0.2) is 0 Å². The lowest BCUT2D eigenvalue weighted by Crippen LogP contribution is -2.40. The van der Waals surface area contributed by atoms with E-state index in [0.29, 0.717) is 0 Å². The van der Waals surface area contributed by atoms with E-state index in [1.807, 2.05) is 0 Å². The topological polar surface area (TPSA) is 66.8 Å². The van der Waals surface area contributed by atoms with E-state index in [9.17, 15) is 13.2 Å². The molecule has 1 aliphatic heterocycles. The summed E-state index contributed by atoms with van der Waals surface area (Å²) < 4.78 is 38.3. The molecule has 9 heteroatoms. The average molecular weight is 364 g/mol. The molecule has 138 valence electrons.